The molecule has 0 saturated carbocycles. The molecular weight excluding hydrogens is 261 g/mol. The lowest BCUT2D eigenvalue weighted by molar-refractivity contribution is -0.140. The van der Waals surface area contributed by atoms with Gasteiger partial charge in [0, 0.05) is 11.9 Å². The molecule has 0 radical (unpaired) electrons. The smallest absolute Gasteiger partial charge is 0.343 e. The van der Waals surface area contributed by atoms with Crippen molar-refractivity contribution in [1.82, 2.24) is 0 Å². The van der Waals surface area contributed by atoms with Crippen molar-refractivity contribution in [2.45, 2.75) is 19.8 Å². The van der Waals surface area contributed by atoms with Crippen LogP contribution in [0.15, 0.2) is 41.0 Å². The summed E-state index contributed by atoms with van der Waals surface area (Å²) in [6, 6.07) is 5.59. The molecule has 104 valence electrons. The van der Waals surface area contributed by atoms with Crippen molar-refractivity contribution >= 4 is 17.5 Å². The second-order valence-electron chi connectivity index (χ2n) is 4.38. The SMILES string of the molecule is CCOC(=O)C1=CN=C(C)C(c2ccc(F)cc2)C1=O. The molecule has 1 unspecified atom stereocenters. The van der Waals surface area contributed by atoms with E-state index in [-0.39, 0.29) is 23.8 Å². The fourth-order valence-corrected chi connectivity index (χ4v) is 2.06. The number of hydrogen-bond acceptors (Lipinski definition) is 4. The number of esters is 1. The Morgan fingerprint density at radius 3 is 2.60 bits per heavy atom. The maximum Gasteiger partial charge on any atom is 0.343 e. The predicted octanol–water partition coefficient (Wildman–Crippen LogP) is 2.40. The molecule has 0 saturated heterocycles. The molecule has 1 aromatic carbocycles. The van der Waals surface area contributed by atoms with E-state index in [0.717, 1.165) is 0 Å². The summed E-state index contributed by atoms with van der Waals surface area (Å²) >= 11 is 0. The highest BCUT2D eigenvalue weighted by atomic mass is 19.1. The van der Waals surface area contributed by atoms with E-state index in [0.29, 0.717) is 11.3 Å². The van der Waals surface area contributed by atoms with Gasteiger partial charge in [0.05, 0.1) is 12.5 Å². The third-order valence-corrected chi connectivity index (χ3v) is 3.04. The zero-order valence-corrected chi connectivity index (χ0v) is 11.2. The Hall–Kier alpha value is -2.30. The standard InChI is InChI=1S/C15H14FNO3/c1-3-20-15(19)12-8-17-9(2)13(14(12)18)10-4-6-11(16)7-5-10/h4-8,13H,3H2,1-2H3. The maximum absolute atomic E-state index is 13.0. The fraction of sp³-hybridized carbons (Fsp3) is 0.267. The van der Waals surface area contributed by atoms with Crippen LogP contribution in [0.3, 0.4) is 0 Å². The Balaban J connectivity index is 2.34. The van der Waals surface area contributed by atoms with Crippen molar-refractivity contribution in [2.24, 2.45) is 4.99 Å². The van der Waals surface area contributed by atoms with E-state index in [2.05, 4.69) is 4.99 Å². The highest BCUT2D eigenvalue weighted by Gasteiger charge is 2.33. The Morgan fingerprint density at radius 2 is 2.00 bits per heavy atom. The number of benzene rings is 1. The Kier molecular flexibility index (Phi) is 4.08. The quantitative estimate of drug-likeness (QED) is 0.628. The van der Waals surface area contributed by atoms with Gasteiger partial charge in [-0.25, -0.2) is 9.18 Å². The normalized spacial score (nSPS) is 18.4. The van der Waals surface area contributed by atoms with E-state index in [4.69, 9.17) is 4.74 Å². The summed E-state index contributed by atoms with van der Waals surface area (Å²) in [5.41, 5.74) is 1.09. The van der Waals surface area contributed by atoms with E-state index in [9.17, 15) is 14.0 Å². The second kappa shape index (κ2) is 5.77. The Morgan fingerprint density at radius 1 is 1.35 bits per heavy atom. The summed E-state index contributed by atoms with van der Waals surface area (Å²) in [6.45, 7) is 3.55. The number of rotatable bonds is 3. The molecule has 1 atom stereocenters. The molecule has 1 aliphatic heterocycles. The monoisotopic (exact) mass is 275 g/mol. The lowest BCUT2D eigenvalue weighted by atomic mass is 9.86. The molecule has 0 amide bonds. The van der Waals surface area contributed by atoms with Crippen LogP contribution in [0.25, 0.3) is 0 Å². The van der Waals surface area contributed by atoms with Crippen LogP contribution in [-0.2, 0) is 14.3 Å². The first-order chi connectivity index (χ1) is 9.54. The number of ether oxygens (including phenoxy) is 1. The number of hydrogen-bond donors (Lipinski definition) is 0. The molecule has 0 fully saturated rings. The molecule has 1 aliphatic rings. The van der Waals surface area contributed by atoms with Crippen LogP contribution < -0.4 is 0 Å². The van der Waals surface area contributed by atoms with Crippen LogP contribution >= 0.6 is 0 Å². The first-order valence-electron chi connectivity index (χ1n) is 6.26. The van der Waals surface area contributed by atoms with Gasteiger partial charge >= 0.3 is 5.97 Å². The lowest BCUT2D eigenvalue weighted by Gasteiger charge is -2.20. The third kappa shape index (κ3) is 2.66. The summed E-state index contributed by atoms with van der Waals surface area (Å²) in [4.78, 5) is 28.2. The van der Waals surface area contributed by atoms with Gasteiger partial charge in [0.25, 0.3) is 0 Å². The van der Waals surface area contributed by atoms with Crippen molar-refractivity contribution in [2.75, 3.05) is 6.61 Å². The number of carbonyl (C=O) groups excluding carboxylic acids is 2. The minimum atomic E-state index is -0.680. The van der Waals surface area contributed by atoms with Crippen molar-refractivity contribution in [1.29, 1.82) is 0 Å². The third-order valence-electron chi connectivity index (χ3n) is 3.04. The number of Topliss-reactive ketones (excluding diaryl/α,β-unsaturated/α-hetero) is 1. The maximum atomic E-state index is 13.0. The van der Waals surface area contributed by atoms with Gasteiger partial charge in [0.1, 0.15) is 11.4 Å². The topological polar surface area (TPSA) is 55.7 Å². The van der Waals surface area contributed by atoms with E-state index < -0.39 is 11.9 Å². The minimum absolute atomic E-state index is 0.0771. The lowest BCUT2D eigenvalue weighted by Crippen LogP contribution is -2.28. The molecule has 2 rings (SSSR count). The molecule has 0 bridgehead atoms. The molecule has 5 heteroatoms. The van der Waals surface area contributed by atoms with E-state index in [1.165, 1.54) is 30.5 Å². The van der Waals surface area contributed by atoms with Gasteiger partial charge in [-0.3, -0.25) is 9.79 Å². The number of nitrogens with zero attached hydrogens (tertiary/aromatic N) is 1. The first kappa shape index (κ1) is 14.1. The summed E-state index contributed by atoms with van der Waals surface area (Å²) in [5, 5.41) is 0. The second-order valence-corrected chi connectivity index (χ2v) is 4.38. The van der Waals surface area contributed by atoms with Crippen LogP contribution in [0.5, 0.6) is 0 Å². The van der Waals surface area contributed by atoms with Crippen LogP contribution in [0.4, 0.5) is 4.39 Å². The molecule has 1 heterocycles. The van der Waals surface area contributed by atoms with Gasteiger partial charge in [-0.05, 0) is 31.5 Å². The summed E-state index contributed by atoms with van der Waals surface area (Å²) in [5.74, 6) is -2.10. The van der Waals surface area contributed by atoms with E-state index in [1.54, 1.807) is 13.8 Å². The summed E-state index contributed by atoms with van der Waals surface area (Å²) < 4.78 is 17.8. The average Bonchev–Trinajstić information content (AvgIpc) is 2.41. The van der Waals surface area contributed by atoms with Gasteiger partial charge in [-0.15, -0.1) is 0 Å². The van der Waals surface area contributed by atoms with Crippen LogP contribution in [0, 0.1) is 5.82 Å². The predicted molar refractivity (Wildman–Crippen MR) is 72.0 cm³/mol. The van der Waals surface area contributed by atoms with Gasteiger partial charge in [0.2, 0.25) is 0 Å². The average molecular weight is 275 g/mol. The van der Waals surface area contributed by atoms with Crippen molar-refractivity contribution in [3.8, 4) is 0 Å². The molecule has 0 aromatic heterocycles. The van der Waals surface area contributed by atoms with E-state index >= 15 is 0 Å². The highest BCUT2D eigenvalue weighted by molar-refractivity contribution is 6.27. The molecule has 0 aliphatic carbocycles. The molecule has 20 heavy (non-hydrogen) atoms. The minimum Gasteiger partial charge on any atom is -0.462 e. The number of halogens is 1. The van der Waals surface area contributed by atoms with Gasteiger partial charge < -0.3 is 4.74 Å². The Labute approximate surface area is 116 Å². The largest absolute Gasteiger partial charge is 0.462 e. The molecule has 0 N–H and O–H groups in total. The van der Waals surface area contributed by atoms with Crippen LogP contribution in [-0.4, -0.2) is 24.1 Å². The number of aliphatic imine (C=N–C) groups is 1. The van der Waals surface area contributed by atoms with Crippen LogP contribution in [0.1, 0.15) is 25.3 Å². The number of ketones is 1. The summed E-state index contributed by atoms with van der Waals surface area (Å²) in [6.07, 6.45) is 1.23. The van der Waals surface area contributed by atoms with E-state index in [1.807, 2.05) is 0 Å². The molecule has 0 spiro atoms. The zero-order valence-electron chi connectivity index (χ0n) is 11.2. The van der Waals surface area contributed by atoms with Gasteiger partial charge in [0.15, 0.2) is 5.78 Å². The molecule has 4 nitrogen and oxygen atoms in total. The number of carbonyl (C=O) groups is 2. The zero-order chi connectivity index (χ0) is 14.7. The molecular formula is C15H14FNO3. The van der Waals surface area contributed by atoms with Crippen molar-refractivity contribution < 1.29 is 18.7 Å². The summed E-state index contributed by atoms with van der Waals surface area (Å²) in [7, 11) is 0. The van der Waals surface area contributed by atoms with Crippen LogP contribution in [0.2, 0.25) is 0 Å². The van der Waals surface area contributed by atoms with Gasteiger partial charge in [-0.2, -0.15) is 0 Å². The first-order valence-corrected chi connectivity index (χ1v) is 6.26. The fourth-order valence-electron chi connectivity index (χ4n) is 2.06. The van der Waals surface area contributed by atoms with Gasteiger partial charge in [-0.1, -0.05) is 12.1 Å². The van der Waals surface area contributed by atoms with Crippen molar-refractivity contribution in [3.05, 3.63) is 47.4 Å². The van der Waals surface area contributed by atoms with Crippen molar-refractivity contribution in [3.63, 3.8) is 0 Å². The Bertz CT molecular complexity index is 602. The highest BCUT2D eigenvalue weighted by Crippen LogP contribution is 2.26. The molecule has 1 aromatic rings.